The average molecular weight is 281 g/mol. The third kappa shape index (κ3) is 4.49. The fraction of sp³-hybridized carbons (Fsp3) is 0.167. The van der Waals surface area contributed by atoms with E-state index in [1.807, 2.05) is 61.5 Å². The number of benzene rings is 2. The van der Waals surface area contributed by atoms with Gasteiger partial charge in [-0.25, -0.2) is 0 Å². The number of amides is 1. The molecule has 1 N–H and O–H groups in total. The van der Waals surface area contributed by atoms with Gasteiger partial charge in [-0.15, -0.1) is 0 Å². The smallest absolute Gasteiger partial charge is 0.244 e. The lowest BCUT2D eigenvalue weighted by atomic mass is 10.1. The molecule has 21 heavy (non-hydrogen) atoms. The van der Waals surface area contributed by atoms with Gasteiger partial charge in [0.25, 0.3) is 0 Å². The predicted molar refractivity (Wildman–Crippen MR) is 85.0 cm³/mol. The first kappa shape index (κ1) is 14.9. The molecule has 0 heterocycles. The van der Waals surface area contributed by atoms with Crippen molar-refractivity contribution >= 4 is 12.0 Å². The Morgan fingerprint density at radius 2 is 1.90 bits per heavy atom. The summed E-state index contributed by atoms with van der Waals surface area (Å²) in [5.74, 6) is 0.669. The third-order valence-corrected chi connectivity index (χ3v) is 3.18. The van der Waals surface area contributed by atoms with E-state index in [1.54, 1.807) is 19.3 Å². The molecule has 0 spiro atoms. The van der Waals surface area contributed by atoms with Crippen LogP contribution in [0.5, 0.6) is 5.75 Å². The van der Waals surface area contributed by atoms with Crippen molar-refractivity contribution in [1.82, 2.24) is 5.32 Å². The first-order valence-corrected chi connectivity index (χ1v) is 6.86. The topological polar surface area (TPSA) is 38.3 Å². The highest BCUT2D eigenvalue weighted by molar-refractivity contribution is 5.91. The lowest BCUT2D eigenvalue weighted by Crippen LogP contribution is -2.24. The van der Waals surface area contributed by atoms with Crippen molar-refractivity contribution in [3.8, 4) is 5.75 Å². The van der Waals surface area contributed by atoms with Crippen molar-refractivity contribution in [2.45, 2.75) is 13.0 Å². The maximum absolute atomic E-state index is 11.9. The van der Waals surface area contributed by atoms with Crippen LogP contribution >= 0.6 is 0 Å². The first-order chi connectivity index (χ1) is 10.2. The zero-order valence-corrected chi connectivity index (χ0v) is 12.2. The van der Waals surface area contributed by atoms with Crippen LogP contribution in [0.15, 0.2) is 60.7 Å². The molecule has 0 saturated heterocycles. The van der Waals surface area contributed by atoms with Crippen molar-refractivity contribution in [2.75, 3.05) is 7.11 Å². The van der Waals surface area contributed by atoms with Gasteiger partial charge < -0.3 is 10.1 Å². The number of hydrogen-bond donors (Lipinski definition) is 1. The van der Waals surface area contributed by atoms with Crippen LogP contribution in [-0.4, -0.2) is 13.0 Å². The van der Waals surface area contributed by atoms with Gasteiger partial charge in [0.15, 0.2) is 0 Å². The van der Waals surface area contributed by atoms with Crippen LogP contribution in [0.25, 0.3) is 6.08 Å². The Labute approximate surface area is 125 Å². The largest absolute Gasteiger partial charge is 0.497 e. The number of rotatable bonds is 5. The molecule has 108 valence electrons. The molecule has 0 fully saturated rings. The lowest BCUT2D eigenvalue weighted by Gasteiger charge is -2.13. The summed E-state index contributed by atoms with van der Waals surface area (Å²) in [6.45, 7) is 1.95. The van der Waals surface area contributed by atoms with Crippen LogP contribution in [0.4, 0.5) is 0 Å². The van der Waals surface area contributed by atoms with E-state index >= 15 is 0 Å². The molecule has 0 saturated carbocycles. The quantitative estimate of drug-likeness (QED) is 0.851. The number of ether oxygens (including phenoxy) is 1. The van der Waals surface area contributed by atoms with Gasteiger partial charge in [-0.2, -0.15) is 0 Å². The Morgan fingerprint density at radius 1 is 1.14 bits per heavy atom. The van der Waals surface area contributed by atoms with Gasteiger partial charge in [0.05, 0.1) is 13.2 Å². The highest BCUT2D eigenvalue weighted by Crippen LogP contribution is 2.18. The molecule has 0 aliphatic heterocycles. The lowest BCUT2D eigenvalue weighted by molar-refractivity contribution is -0.117. The van der Waals surface area contributed by atoms with Crippen LogP contribution in [0.3, 0.4) is 0 Å². The van der Waals surface area contributed by atoms with Gasteiger partial charge in [-0.3, -0.25) is 4.79 Å². The summed E-state index contributed by atoms with van der Waals surface area (Å²) in [7, 11) is 1.63. The highest BCUT2D eigenvalue weighted by Gasteiger charge is 2.08. The van der Waals surface area contributed by atoms with Gasteiger partial charge in [-0.1, -0.05) is 42.5 Å². The fourth-order valence-electron chi connectivity index (χ4n) is 1.99. The summed E-state index contributed by atoms with van der Waals surface area (Å²) in [5, 5.41) is 2.94. The Kier molecular flexibility index (Phi) is 5.16. The number of carbonyl (C=O) groups is 1. The minimum Gasteiger partial charge on any atom is -0.497 e. The summed E-state index contributed by atoms with van der Waals surface area (Å²) in [5.41, 5.74) is 2.01. The van der Waals surface area contributed by atoms with Crippen molar-refractivity contribution in [1.29, 1.82) is 0 Å². The normalized spacial score (nSPS) is 12.1. The molecule has 3 nitrogen and oxygen atoms in total. The van der Waals surface area contributed by atoms with Crippen molar-refractivity contribution < 1.29 is 9.53 Å². The van der Waals surface area contributed by atoms with Gasteiger partial charge in [-0.05, 0) is 36.3 Å². The van der Waals surface area contributed by atoms with Crippen LogP contribution in [0.2, 0.25) is 0 Å². The summed E-state index contributed by atoms with van der Waals surface area (Å²) in [6.07, 6.45) is 3.35. The molecule has 3 heteroatoms. The second-order valence-electron chi connectivity index (χ2n) is 4.75. The van der Waals surface area contributed by atoms with Crippen molar-refractivity contribution in [3.05, 3.63) is 71.8 Å². The second-order valence-corrected chi connectivity index (χ2v) is 4.75. The Bertz CT molecular complexity index is 620. The molecular formula is C18H19NO2. The van der Waals surface area contributed by atoms with E-state index in [0.29, 0.717) is 0 Å². The first-order valence-electron chi connectivity index (χ1n) is 6.86. The van der Waals surface area contributed by atoms with E-state index in [4.69, 9.17) is 4.74 Å². The SMILES string of the molecule is COc1cccc(C(C)NC(=O)C=Cc2ccccc2)c1. The molecule has 0 aromatic heterocycles. The molecule has 2 aromatic rings. The maximum atomic E-state index is 11.9. The monoisotopic (exact) mass is 281 g/mol. The minimum absolute atomic E-state index is 0.0759. The standard InChI is InChI=1S/C18H19NO2/c1-14(16-9-6-10-17(13-16)21-2)19-18(20)12-11-15-7-4-3-5-8-15/h3-14H,1-2H3,(H,19,20). The predicted octanol–water partition coefficient (Wildman–Crippen LogP) is 3.59. The van der Waals surface area contributed by atoms with E-state index in [-0.39, 0.29) is 11.9 Å². The molecule has 1 atom stereocenters. The second kappa shape index (κ2) is 7.29. The number of carbonyl (C=O) groups excluding carboxylic acids is 1. The van der Waals surface area contributed by atoms with Crippen LogP contribution in [0.1, 0.15) is 24.1 Å². The van der Waals surface area contributed by atoms with E-state index in [1.165, 1.54) is 0 Å². The molecule has 0 aliphatic rings. The van der Waals surface area contributed by atoms with Gasteiger partial charge >= 0.3 is 0 Å². The van der Waals surface area contributed by atoms with Crippen LogP contribution < -0.4 is 10.1 Å². The van der Waals surface area contributed by atoms with E-state index in [9.17, 15) is 4.79 Å². The Balaban J connectivity index is 1.97. The molecule has 0 radical (unpaired) electrons. The summed E-state index contributed by atoms with van der Waals surface area (Å²) in [6, 6.07) is 17.3. The number of methoxy groups -OCH3 is 1. The Morgan fingerprint density at radius 3 is 2.62 bits per heavy atom. The molecular weight excluding hydrogens is 262 g/mol. The van der Waals surface area contributed by atoms with Gasteiger partial charge in [0.2, 0.25) is 5.91 Å². The van der Waals surface area contributed by atoms with Gasteiger partial charge in [0.1, 0.15) is 5.75 Å². The maximum Gasteiger partial charge on any atom is 0.244 e. The molecule has 1 unspecified atom stereocenters. The van der Waals surface area contributed by atoms with Crippen LogP contribution in [-0.2, 0) is 4.79 Å². The van der Waals surface area contributed by atoms with Crippen LogP contribution in [0, 0.1) is 0 Å². The van der Waals surface area contributed by atoms with E-state index < -0.39 is 0 Å². The van der Waals surface area contributed by atoms with E-state index in [0.717, 1.165) is 16.9 Å². The number of hydrogen-bond acceptors (Lipinski definition) is 2. The average Bonchev–Trinajstić information content (AvgIpc) is 2.54. The molecule has 0 aliphatic carbocycles. The van der Waals surface area contributed by atoms with Crippen molar-refractivity contribution in [2.24, 2.45) is 0 Å². The summed E-state index contributed by atoms with van der Waals surface area (Å²) < 4.78 is 5.19. The zero-order chi connectivity index (χ0) is 15.1. The molecule has 2 aromatic carbocycles. The number of nitrogens with one attached hydrogen (secondary N) is 1. The molecule has 2 rings (SSSR count). The minimum atomic E-state index is -0.117. The van der Waals surface area contributed by atoms with Crippen molar-refractivity contribution in [3.63, 3.8) is 0 Å². The van der Waals surface area contributed by atoms with E-state index in [2.05, 4.69) is 5.32 Å². The fourth-order valence-corrected chi connectivity index (χ4v) is 1.99. The van der Waals surface area contributed by atoms with Gasteiger partial charge in [0, 0.05) is 6.08 Å². The third-order valence-electron chi connectivity index (χ3n) is 3.18. The Hall–Kier alpha value is -2.55. The zero-order valence-electron chi connectivity index (χ0n) is 12.2. The summed E-state index contributed by atoms with van der Waals surface area (Å²) in [4.78, 5) is 11.9. The summed E-state index contributed by atoms with van der Waals surface area (Å²) >= 11 is 0. The highest BCUT2D eigenvalue weighted by atomic mass is 16.5. The molecule has 1 amide bonds. The molecule has 0 bridgehead atoms.